The van der Waals surface area contributed by atoms with Crippen LogP contribution in [0.25, 0.3) is 22.3 Å². The molecule has 3 aromatic rings. The molecule has 0 saturated carbocycles. The topological polar surface area (TPSA) is 49.3 Å². The van der Waals surface area contributed by atoms with Crippen LogP contribution in [0.1, 0.15) is 26.7 Å². The normalized spacial score (nSPS) is 14.6. The second-order valence-corrected chi connectivity index (χ2v) is 7.58. The largest absolute Gasteiger partial charge is 0.351 e. The summed E-state index contributed by atoms with van der Waals surface area (Å²) in [7, 11) is 0. The molecule has 0 spiro atoms. The summed E-state index contributed by atoms with van der Waals surface area (Å²) in [6.07, 6.45) is 1.81. The number of fused-ring (bicyclic) bond motifs is 1. The zero-order valence-corrected chi connectivity index (χ0v) is 17.2. The van der Waals surface area contributed by atoms with Gasteiger partial charge in [-0.15, -0.1) is 0 Å². The third-order valence-corrected chi connectivity index (χ3v) is 5.83. The van der Waals surface area contributed by atoms with Gasteiger partial charge in [-0.1, -0.05) is 56.3 Å². The van der Waals surface area contributed by atoms with Gasteiger partial charge in [0.05, 0.1) is 11.0 Å². The summed E-state index contributed by atoms with van der Waals surface area (Å²) in [4.78, 5) is 27.0. The number of carbonyl (C=O) groups is 1. The zero-order chi connectivity index (χ0) is 20.2. The Labute approximate surface area is 172 Å². The van der Waals surface area contributed by atoms with Crippen LogP contribution < -0.4 is 4.90 Å². The van der Waals surface area contributed by atoms with Crippen molar-refractivity contribution in [3.05, 3.63) is 54.6 Å². The van der Waals surface area contributed by atoms with E-state index in [1.807, 2.05) is 47.4 Å². The molecular weight excluding hydrogens is 360 g/mol. The summed E-state index contributed by atoms with van der Waals surface area (Å²) < 4.78 is 0. The number of anilines is 1. The number of carbonyl (C=O) groups excluding carboxylic acids is 1. The first-order chi connectivity index (χ1) is 14.2. The Morgan fingerprint density at radius 2 is 1.45 bits per heavy atom. The maximum atomic E-state index is 12.7. The summed E-state index contributed by atoms with van der Waals surface area (Å²) in [5, 5.41) is 0. The van der Waals surface area contributed by atoms with E-state index in [0.29, 0.717) is 5.91 Å². The zero-order valence-electron chi connectivity index (χ0n) is 17.2. The standard InChI is InChI=1S/C24H28N4O/c1-3-18(4-2)24(29)28-16-14-27(15-17-28)23-22(19-10-6-5-7-11-19)25-20-12-8-9-13-21(20)26-23/h5-13,18H,3-4,14-17H2,1-2H3. The third kappa shape index (κ3) is 3.95. The van der Waals surface area contributed by atoms with E-state index < -0.39 is 0 Å². The Morgan fingerprint density at radius 3 is 2.07 bits per heavy atom. The number of benzene rings is 2. The second kappa shape index (κ2) is 8.60. The highest BCUT2D eigenvalue weighted by atomic mass is 16.2. The molecule has 0 N–H and O–H groups in total. The van der Waals surface area contributed by atoms with E-state index in [4.69, 9.17) is 9.97 Å². The van der Waals surface area contributed by atoms with E-state index >= 15 is 0 Å². The highest BCUT2D eigenvalue weighted by Crippen LogP contribution is 2.30. The summed E-state index contributed by atoms with van der Waals surface area (Å²) in [5.41, 5.74) is 3.77. The van der Waals surface area contributed by atoms with E-state index in [1.165, 1.54) is 0 Å². The number of rotatable bonds is 5. The minimum absolute atomic E-state index is 0.141. The van der Waals surface area contributed by atoms with Crippen LogP contribution in [0.2, 0.25) is 0 Å². The van der Waals surface area contributed by atoms with Crippen molar-refractivity contribution in [1.82, 2.24) is 14.9 Å². The Balaban J connectivity index is 1.63. The van der Waals surface area contributed by atoms with Crippen molar-refractivity contribution in [2.45, 2.75) is 26.7 Å². The van der Waals surface area contributed by atoms with E-state index in [1.54, 1.807) is 0 Å². The maximum Gasteiger partial charge on any atom is 0.225 e. The minimum Gasteiger partial charge on any atom is -0.351 e. The lowest BCUT2D eigenvalue weighted by Crippen LogP contribution is -2.50. The summed E-state index contributed by atoms with van der Waals surface area (Å²) in [6.45, 7) is 7.21. The fourth-order valence-corrected chi connectivity index (χ4v) is 4.04. The van der Waals surface area contributed by atoms with Crippen LogP contribution in [0.15, 0.2) is 54.6 Å². The van der Waals surface area contributed by atoms with Crippen LogP contribution in [0.5, 0.6) is 0 Å². The lowest BCUT2D eigenvalue weighted by Gasteiger charge is -2.37. The molecule has 1 amide bonds. The van der Waals surface area contributed by atoms with Gasteiger partial charge >= 0.3 is 0 Å². The quantitative estimate of drug-likeness (QED) is 0.651. The summed E-state index contributed by atoms with van der Waals surface area (Å²) in [6, 6.07) is 18.2. The number of para-hydroxylation sites is 2. The SMILES string of the molecule is CCC(CC)C(=O)N1CCN(c2nc3ccccc3nc2-c2ccccc2)CC1. The minimum atomic E-state index is 0.141. The first-order valence-electron chi connectivity index (χ1n) is 10.6. The fourth-order valence-electron chi connectivity index (χ4n) is 4.04. The third-order valence-electron chi connectivity index (χ3n) is 5.83. The van der Waals surface area contributed by atoms with E-state index in [2.05, 4.69) is 30.9 Å². The molecule has 29 heavy (non-hydrogen) atoms. The van der Waals surface area contributed by atoms with Crippen molar-refractivity contribution < 1.29 is 4.79 Å². The van der Waals surface area contributed by atoms with E-state index in [-0.39, 0.29) is 5.92 Å². The smallest absolute Gasteiger partial charge is 0.225 e. The van der Waals surface area contributed by atoms with Gasteiger partial charge in [-0.3, -0.25) is 4.79 Å². The van der Waals surface area contributed by atoms with Gasteiger partial charge in [-0.2, -0.15) is 0 Å². The lowest BCUT2D eigenvalue weighted by molar-refractivity contribution is -0.136. The summed E-state index contributed by atoms with van der Waals surface area (Å²) in [5.74, 6) is 1.34. The van der Waals surface area contributed by atoms with Gasteiger partial charge in [0.1, 0.15) is 5.69 Å². The van der Waals surface area contributed by atoms with Crippen molar-refractivity contribution in [2.75, 3.05) is 31.1 Å². The number of aromatic nitrogens is 2. The Hall–Kier alpha value is -2.95. The first kappa shape index (κ1) is 19.4. The van der Waals surface area contributed by atoms with Crippen molar-refractivity contribution in [3.63, 3.8) is 0 Å². The molecule has 0 atom stereocenters. The van der Waals surface area contributed by atoms with Crippen LogP contribution in [-0.4, -0.2) is 47.0 Å². The highest BCUT2D eigenvalue weighted by Gasteiger charge is 2.27. The molecule has 1 aromatic heterocycles. The molecule has 4 rings (SSSR count). The maximum absolute atomic E-state index is 12.7. The molecule has 1 saturated heterocycles. The number of piperazine rings is 1. The van der Waals surface area contributed by atoms with Gasteiger partial charge < -0.3 is 9.80 Å². The van der Waals surface area contributed by atoms with Gasteiger partial charge in [0.15, 0.2) is 5.82 Å². The van der Waals surface area contributed by atoms with Crippen LogP contribution in [0.4, 0.5) is 5.82 Å². The molecule has 2 heterocycles. The van der Waals surface area contributed by atoms with Gasteiger partial charge in [0.2, 0.25) is 5.91 Å². The number of hydrogen-bond donors (Lipinski definition) is 0. The average molecular weight is 389 g/mol. The number of hydrogen-bond acceptors (Lipinski definition) is 4. The van der Waals surface area contributed by atoms with Gasteiger partial charge in [-0.25, -0.2) is 9.97 Å². The van der Waals surface area contributed by atoms with Crippen molar-refractivity contribution in [3.8, 4) is 11.3 Å². The van der Waals surface area contributed by atoms with Crippen LogP contribution >= 0.6 is 0 Å². The Morgan fingerprint density at radius 1 is 0.862 bits per heavy atom. The Bertz CT molecular complexity index is 977. The van der Waals surface area contributed by atoms with Crippen LogP contribution in [0.3, 0.4) is 0 Å². The second-order valence-electron chi connectivity index (χ2n) is 7.58. The number of nitrogens with zero attached hydrogens (tertiary/aromatic N) is 4. The molecule has 1 aliphatic heterocycles. The molecule has 0 bridgehead atoms. The van der Waals surface area contributed by atoms with Crippen molar-refractivity contribution >= 4 is 22.8 Å². The predicted octanol–water partition coefficient (Wildman–Crippen LogP) is 4.38. The molecule has 0 aliphatic carbocycles. The molecule has 150 valence electrons. The van der Waals surface area contributed by atoms with Crippen molar-refractivity contribution in [1.29, 1.82) is 0 Å². The summed E-state index contributed by atoms with van der Waals surface area (Å²) >= 11 is 0. The molecule has 1 fully saturated rings. The van der Waals surface area contributed by atoms with E-state index in [9.17, 15) is 4.79 Å². The first-order valence-corrected chi connectivity index (χ1v) is 10.6. The monoisotopic (exact) mass is 388 g/mol. The van der Waals surface area contributed by atoms with E-state index in [0.717, 1.165) is 67.1 Å². The molecule has 0 radical (unpaired) electrons. The van der Waals surface area contributed by atoms with Crippen LogP contribution in [0, 0.1) is 5.92 Å². The lowest BCUT2D eigenvalue weighted by atomic mass is 10.0. The molecule has 5 heteroatoms. The van der Waals surface area contributed by atoms with Gasteiger partial charge in [0.25, 0.3) is 0 Å². The Kier molecular flexibility index (Phi) is 5.74. The molecular formula is C24H28N4O. The average Bonchev–Trinajstić information content (AvgIpc) is 2.79. The molecule has 2 aromatic carbocycles. The predicted molar refractivity (Wildman–Crippen MR) is 118 cm³/mol. The number of amides is 1. The van der Waals surface area contributed by atoms with Gasteiger partial charge in [0, 0.05) is 37.7 Å². The van der Waals surface area contributed by atoms with Crippen LogP contribution in [-0.2, 0) is 4.79 Å². The molecule has 5 nitrogen and oxygen atoms in total. The van der Waals surface area contributed by atoms with Crippen molar-refractivity contribution in [2.24, 2.45) is 5.92 Å². The van der Waals surface area contributed by atoms with Gasteiger partial charge in [-0.05, 0) is 25.0 Å². The fraction of sp³-hybridized carbons (Fsp3) is 0.375. The highest BCUT2D eigenvalue weighted by molar-refractivity contribution is 5.84. The molecule has 1 aliphatic rings. The molecule has 0 unspecified atom stereocenters.